The van der Waals surface area contributed by atoms with Gasteiger partial charge in [0.05, 0.1) is 17.3 Å². The number of carbonyl (C=O) groups is 1. The van der Waals surface area contributed by atoms with Crippen LogP contribution in [0.1, 0.15) is 36.9 Å². The third-order valence-corrected chi connectivity index (χ3v) is 4.97. The third-order valence-electron chi connectivity index (χ3n) is 4.74. The number of aromatic amines is 1. The normalized spacial score (nSPS) is 17.6. The van der Waals surface area contributed by atoms with E-state index < -0.39 is 0 Å². The Bertz CT molecular complexity index is 691. The van der Waals surface area contributed by atoms with Gasteiger partial charge < -0.3 is 5.32 Å². The van der Waals surface area contributed by atoms with Gasteiger partial charge in [-0.05, 0) is 63.4 Å². The number of H-pyrrole nitrogens is 1. The number of nitrogens with zero attached hydrogens (tertiary/aromatic N) is 3. The molecule has 2 aromatic heterocycles. The van der Waals surface area contributed by atoms with Gasteiger partial charge in [-0.15, -0.1) is 0 Å². The van der Waals surface area contributed by atoms with Crippen LogP contribution in [0.4, 0.5) is 5.82 Å². The van der Waals surface area contributed by atoms with Crippen LogP contribution in [0.25, 0.3) is 0 Å². The summed E-state index contributed by atoms with van der Waals surface area (Å²) < 4.78 is 0. The van der Waals surface area contributed by atoms with Gasteiger partial charge in [-0.2, -0.15) is 5.10 Å². The second-order valence-corrected chi connectivity index (χ2v) is 6.72. The van der Waals surface area contributed by atoms with Crippen molar-refractivity contribution in [3.05, 3.63) is 40.8 Å². The number of hydrogen-bond donors (Lipinski definition) is 2. The molecule has 0 bridgehead atoms. The Labute approximate surface area is 146 Å². The van der Waals surface area contributed by atoms with Crippen molar-refractivity contribution in [2.24, 2.45) is 0 Å². The number of aromatic nitrogens is 3. The van der Waals surface area contributed by atoms with Crippen molar-refractivity contribution in [2.75, 3.05) is 18.4 Å². The lowest BCUT2D eigenvalue weighted by Crippen LogP contribution is -2.45. The summed E-state index contributed by atoms with van der Waals surface area (Å²) in [6.45, 7) is 5.80. The van der Waals surface area contributed by atoms with E-state index in [0.717, 1.165) is 31.6 Å². The molecule has 1 fully saturated rings. The number of anilines is 1. The highest BCUT2D eigenvalue weighted by atomic mass is 35.5. The zero-order valence-electron chi connectivity index (χ0n) is 13.9. The molecular formula is C17H22ClN5O. The lowest BCUT2D eigenvalue weighted by Gasteiger charge is -2.35. The summed E-state index contributed by atoms with van der Waals surface area (Å²) in [4.78, 5) is 18.7. The van der Waals surface area contributed by atoms with Crippen molar-refractivity contribution in [1.82, 2.24) is 20.1 Å². The second kappa shape index (κ2) is 7.32. The van der Waals surface area contributed by atoms with Gasteiger partial charge in [-0.25, -0.2) is 4.98 Å². The maximum atomic E-state index is 12.4. The van der Waals surface area contributed by atoms with Gasteiger partial charge in [-0.3, -0.25) is 14.8 Å². The van der Waals surface area contributed by atoms with E-state index >= 15 is 0 Å². The molecule has 1 atom stereocenters. The number of likely N-dealkylation sites (tertiary alicyclic amines) is 1. The molecular weight excluding hydrogens is 326 g/mol. The van der Waals surface area contributed by atoms with Gasteiger partial charge in [-0.1, -0.05) is 11.6 Å². The predicted molar refractivity (Wildman–Crippen MR) is 94.2 cm³/mol. The van der Waals surface area contributed by atoms with Crippen LogP contribution >= 0.6 is 11.6 Å². The Hall–Kier alpha value is -1.92. The molecule has 0 spiro atoms. The minimum Gasteiger partial charge on any atom is -0.309 e. The van der Waals surface area contributed by atoms with Gasteiger partial charge in [0.15, 0.2) is 0 Å². The Morgan fingerprint density at radius 2 is 2.12 bits per heavy atom. The number of halogens is 1. The van der Waals surface area contributed by atoms with E-state index in [0.29, 0.717) is 16.8 Å². The lowest BCUT2D eigenvalue weighted by molar-refractivity contribution is -0.121. The first kappa shape index (κ1) is 16.9. The molecule has 24 heavy (non-hydrogen) atoms. The third kappa shape index (κ3) is 3.76. The first-order valence-corrected chi connectivity index (χ1v) is 8.58. The Kier molecular flexibility index (Phi) is 5.16. The van der Waals surface area contributed by atoms with Crippen molar-refractivity contribution in [2.45, 2.75) is 38.6 Å². The average molecular weight is 348 g/mol. The molecule has 6 nitrogen and oxygen atoms in total. The van der Waals surface area contributed by atoms with Crippen LogP contribution < -0.4 is 5.32 Å². The van der Waals surface area contributed by atoms with E-state index in [-0.39, 0.29) is 11.9 Å². The van der Waals surface area contributed by atoms with E-state index in [1.807, 2.05) is 13.1 Å². The number of hydrogen-bond acceptors (Lipinski definition) is 4. The molecule has 1 aliphatic rings. The summed E-state index contributed by atoms with van der Waals surface area (Å²) in [6.07, 6.45) is 5.53. The number of amides is 1. The lowest BCUT2D eigenvalue weighted by atomic mass is 9.89. The number of piperidine rings is 1. The van der Waals surface area contributed by atoms with Gasteiger partial charge >= 0.3 is 0 Å². The van der Waals surface area contributed by atoms with Crippen molar-refractivity contribution >= 4 is 23.3 Å². The molecule has 3 rings (SSSR count). The minimum absolute atomic E-state index is 0.0391. The first-order valence-electron chi connectivity index (χ1n) is 8.21. The SMILES string of the molecule is Cc1[nH]ncc1C1CCN(C(C)C(=O)Nc2ccc(Cl)cn2)CC1. The summed E-state index contributed by atoms with van der Waals surface area (Å²) in [5.41, 5.74) is 2.45. The largest absolute Gasteiger partial charge is 0.309 e. The van der Waals surface area contributed by atoms with Gasteiger partial charge in [0.1, 0.15) is 5.82 Å². The van der Waals surface area contributed by atoms with Crippen LogP contribution in [-0.4, -0.2) is 45.1 Å². The molecule has 2 aromatic rings. The summed E-state index contributed by atoms with van der Waals surface area (Å²) >= 11 is 5.81. The highest BCUT2D eigenvalue weighted by Gasteiger charge is 2.28. The minimum atomic E-state index is -0.186. The molecule has 0 radical (unpaired) electrons. The maximum absolute atomic E-state index is 12.4. The molecule has 0 saturated carbocycles. The smallest absolute Gasteiger partial charge is 0.242 e. The number of aryl methyl sites for hydroxylation is 1. The van der Waals surface area contributed by atoms with Gasteiger partial charge in [0, 0.05) is 11.9 Å². The second-order valence-electron chi connectivity index (χ2n) is 6.29. The summed E-state index contributed by atoms with van der Waals surface area (Å²) in [5.74, 6) is 1.01. The topological polar surface area (TPSA) is 73.9 Å². The van der Waals surface area contributed by atoms with E-state index in [4.69, 9.17) is 11.6 Å². The summed E-state index contributed by atoms with van der Waals surface area (Å²) in [7, 11) is 0. The highest BCUT2D eigenvalue weighted by Crippen LogP contribution is 2.30. The fourth-order valence-electron chi connectivity index (χ4n) is 3.22. The molecule has 3 heterocycles. The molecule has 1 saturated heterocycles. The number of rotatable bonds is 4. The van der Waals surface area contributed by atoms with Crippen molar-refractivity contribution in [3.8, 4) is 0 Å². The monoisotopic (exact) mass is 347 g/mol. The molecule has 2 N–H and O–H groups in total. The zero-order valence-corrected chi connectivity index (χ0v) is 14.7. The molecule has 1 amide bonds. The summed E-state index contributed by atoms with van der Waals surface area (Å²) in [5, 5.41) is 10.5. The Balaban J connectivity index is 1.54. The Morgan fingerprint density at radius 3 is 2.71 bits per heavy atom. The quantitative estimate of drug-likeness (QED) is 0.891. The number of carbonyl (C=O) groups excluding carboxylic acids is 1. The van der Waals surface area contributed by atoms with Crippen LogP contribution in [0.3, 0.4) is 0 Å². The molecule has 1 unspecified atom stereocenters. The molecule has 0 aliphatic carbocycles. The summed E-state index contributed by atoms with van der Waals surface area (Å²) in [6, 6.07) is 3.24. The van der Waals surface area contributed by atoms with E-state index in [1.165, 1.54) is 11.8 Å². The maximum Gasteiger partial charge on any atom is 0.242 e. The van der Waals surface area contributed by atoms with E-state index in [9.17, 15) is 4.79 Å². The van der Waals surface area contributed by atoms with Crippen LogP contribution in [0, 0.1) is 6.92 Å². The van der Waals surface area contributed by atoms with E-state index in [2.05, 4.69) is 32.3 Å². The molecule has 0 aromatic carbocycles. The van der Waals surface area contributed by atoms with Crippen molar-refractivity contribution in [3.63, 3.8) is 0 Å². The fraction of sp³-hybridized carbons (Fsp3) is 0.471. The predicted octanol–water partition coefficient (Wildman–Crippen LogP) is 2.97. The highest BCUT2D eigenvalue weighted by molar-refractivity contribution is 6.30. The van der Waals surface area contributed by atoms with Crippen molar-refractivity contribution < 1.29 is 4.79 Å². The fourth-order valence-corrected chi connectivity index (χ4v) is 3.33. The number of pyridine rings is 1. The van der Waals surface area contributed by atoms with Crippen LogP contribution in [-0.2, 0) is 4.79 Å². The van der Waals surface area contributed by atoms with Crippen LogP contribution in [0.5, 0.6) is 0 Å². The Morgan fingerprint density at radius 1 is 1.38 bits per heavy atom. The van der Waals surface area contributed by atoms with E-state index in [1.54, 1.807) is 12.1 Å². The first-order chi connectivity index (χ1) is 11.5. The van der Waals surface area contributed by atoms with Crippen LogP contribution in [0.15, 0.2) is 24.5 Å². The number of nitrogens with one attached hydrogen (secondary N) is 2. The standard InChI is InChI=1S/C17H22ClN5O/c1-11-15(10-20-22-11)13-5-7-23(8-6-13)12(2)17(24)21-16-4-3-14(18)9-19-16/h3-4,9-10,12-13H,5-8H2,1-2H3,(H,20,22)(H,19,21,24). The van der Waals surface area contributed by atoms with Gasteiger partial charge in [0.25, 0.3) is 0 Å². The van der Waals surface area contributed by atoms with Crippen molar-refractivity contribution in [1.29, 1.82) is 0 Å². The van der Waals surface area contributed by atoms with Gasteiger partial charge in [0.2, 0.25) is 5.91 Å². The average Bonchev–Trinajstić information content (AvgIpc) is 3.02. The molecule has 7 heteroatoms. The molecule has 128 valence electrons. The molecule has 1 aliphatic heterocycles. The zero-order chi connectivity index (χ0) is 17.1. The van der Waals surface area contributed by atoms with Crippen LogP contribution in [0.2, 0.25) is 5.02 Å².